The zero-order valence-corrected chi connectivity index (χ0v) is 57.1. The Labute approximate surface area is 524 Å². The molecule has 1 fully saturated rings. The molecular formula is C77H90IrN2O2S2-2. The molecule has 4 nitrogen and oxygen atoms in total. The largest absolute Gasteiger partial charge is 0.512 e. The Hall–Kier alpha value is -5.56. The SMILES string of the molecule is CC1(C)CCC(c2ccc3c(c2)sc2c(-c4[c-]c5ccccc5c(C(C)(C)C)c4)nccc23)CC1.CCC(CC)C(=O)/C=C(\O)C(CC)CC.Cc1c(CC(C)(C)C)ccc2c1sc1c(-c3[c-]c4ccccc4c(C(C)(C)C)c3)nccc12.[Ir]. The number of benzene rings is 6. The second kappa shape index (κ2) is 26.2. The number of fused-ring (bicyclic) bond motifs is 8. The van der Waals surface area contributed by atoms with E-state index in [0.29, 0.717) is 11.3 Å². The van der Waals surface area contributed by atoms with E-state index in [1.54, 1.807) is 0 Å². The summed E-state index contributed by atoms with van der Waals surface area (Å²) in [5.41, 5.74) is 12.2. The molecule has 6 aromatic carbocycles. The summed E-state index contributed by atoms with van der Waals surface area (Å²) in [6, 6.07) is 45.5. The van der Waals surface area contributed by atoms with Crippen LogP contribution >= 0.6 is 22.7 Å². The molecule has 1 N–H and O–H groups in total. The zero-order valence-electron chi connectivity index (χ0n) is 53.0. The van der Waals surface area contributed by atoms with Crippen LogP contribution in [-0.4, -0.2) is 20.9 Å². The van der Waals surface area contributed by atoms with Gasteiger partial charge < -0.3 is 5.11 Å². The summed E-state index contributed by atoms with van der Waals surface area (Å²) in [5, 5.41) is 19.9. The van der Waals surface area contributed by atoms with Gasteiger partial charge in [0.2, 0.25) is 0 Å². The molecule has 7 heteroatoms. The van der Waals surface area contributed by atoms with Gasteiger partial charge in [-0.1, -0.05) is 186 Å². The van der Waals surface area contributed by atoms with Gasteiger partial charge in [-0.05, 0) is 143 Å². The Morgan fingerprint density at radius 2 is 1.10 bits per heavy atom. The maximum atomic E-state index is 11.7. The third-order valence-corrected chi connectivity index (χ3v) is 20.1. The summed E-state index contributed by atoms with van der Waals surface area (Å²) in [7, 11) is 0. The van der Waals surface area contributed by atoms with E-state index in [-0.39, 0.29) is 59.7 Å². The number of aromatic nitrogens is 2. The molecule has 0 unspecified atom stereocenters. The topological polar surface area (TPSA) is 63.1 Å². The van der Waals surface area contributed by atoms with Gasteiger partial charge in [0, 0.05) is 86.0 Å². The van der Waals surface area contributed by atoms with Crippen LogP contribution in [0, 0.1) is 41.7 Å². The van der Waals surface area contributed by atoms with Crippen molar-refractivity contribution in [3.63, 3.8) is 0 Å². The van der Waals surface area contributed by atoms with Gasteiger partial charge in [0.05, 0.1) is 5.76 Å². The predicted octanol–water partition coefficient (Wildman–Crippen LogP) is 23.2. The summed E-state index contributed by atoms with van der Waals surface area (Å²) in [6.45, 7) is 35.9. The second-order valence-corrected chi connectivity index (χ2v) is 29.8. The van der Waals surface area contributed by atoms with Crippen LogP contribution in [0.2, 0.25) is 0 Å². The number of aliphatic hydroxyl groups excluding tert-OH is 1. The van der Waals surface area contributed by atoms with E-state index < -0.39 is 0 Å². The van der Waals surface area contributed by atoms with E-state index in [9.17, 15) is 9.90 Å². The van der Waals surface area contributed by atoms with Gasteiger partial charge in [-0.15, -0.1) is 81.0 Å². The van der Waals surface area contributed by atoms with Crippen LogP contribution < -0.4 is 0 Å². The number of rotatable bonds is 11. The summed E-state index contributed by atoms with van der Waals surface area (Å²) in [5.74, 6) is 1.24. The number of hydrogen-bond acceptors (Lipinski definition) is 6. The van der Waals surface area contributed by atoms with Gasteiger partial charge >= 0.3 is 0 Å². The molecule has 10 aromatic rings. The monoisotopic (exact) mass is 1330 g/mol. The fraction of sp³-hybridized carbons (Fsp3) is 0.416. The fourth-order valence-corrected chi connectivity index (χ4v) is 15.1. The average Bonchev–Trinajstić information content (AvgIpc) is 1.90. The number of aliphatic hydroxyl groups is 1. The van der Waals surface area contributed by atoms with E-state index >= 15 is 0 Å². The normalized spacial score (nSPS) is 14.3. The minimum absolute atomic E-state index is 0. The van der Waals surface area contributed by atoms with Crippen molar-refractivity contribution in [3.8, 4) is 22.5 Å². The van der Waals surface area contributed by atoms with Gasteiger partial charge in [0.15, 0.2) is 5.78 Å². The number of carbonyl (C=O) groups is 1. The van der Waals surface area contributed by atoms with E-state index in [0.717, 1.165) is 65.4 Å². The maximum Gasteiger partial charge on any atom is 0.162 e. The first-order valence-corrected chi connectivity index (χ1v) is 32.4. The summed E-state index contributed by atoms with van der Waals surface area (Å²) < 4.78 is 5.30. The van der Waals surface area contributed by atoms with Crippen LogP contribution in [0.5, 0.6) is 0 Å². The molecule has 11 rings (SSSR count). The number of carbonyl (C=O) groups excluding carboxylic acids is 1. The molecule has 0 aliphatic heterocycles. The minimum Gasteiger partial charge on any atom is -0.512 e. The van der Waals surface area contributed by atoms with Crippen LogP contribution in [0.4, 0.5) is 0 Å². The van der Waals surface area contributed by atoms with E-state index in [4.69, 9.17) is 9.97 Å². The molecule has 0 saturated heterocycles. The van der Waals surface area contributed by atoms with Crippen molar-refractivity contribution >= 4 is 90.3 Å². The summed E-state index contributed by atoms with van der Waals surface area (Å²) in [4.78, 5) is 21.5. The van der Waals surface area contributed by atoms with Crippen molar-refractivity contribution in [3.05, 3.63) is 167 Å². The van der Waals surface area contributed by atoms with Crippen LogP contribution in [0.25, 0.3) is 84.4 Å². The molecule has 1 radical (unpaired) electrons. The van der Waals surface area contributed by atoms with E-state index in [2.05, 4.69) is 198 Å². The van der Waals surface area contributed by atoms with Crippen molar-refractivity contribution in [1.82, 2.24) is 9.97 Å². The summed E-state index contributed by atoms with van der Waals surface area (Å²) >= 11 is 3.78. The van der Waals surface area contributed by atoms with E-state index in [1.807, 2.05) is 62.8 Å². The van der Waals surface area contributed by atoms with Gasteiger partial charge in [0.25, 0.3) is 0 Å². The Morgan fingerprint density at radius 3 is 1.60 bits per heavy atom. The van der Waals surface area contributed by atoms with Crippen molar-refractivity contribution in [2.75, 3.05) is 0 Å². The smallest absolute Gasteiger partial charge is 0.162 e. The number of ketones is 1. The predicted molar refractivity (Wildman–Crippen MR) is 362 cm³/mol. The average molecular weight is 1330 g/mol. The third kappa shape index (κ3) is 14.1. The molecule has 84 heavy (non-hydrogen) atoms. The molecule has 0 bridgehead atoms. The van der Waals surface area contributed by atoms with Crippen LogP contribution in [0.1, 0.15) is 189 Å². The molecule has 4 aromatic heterocycles. The quantitative estimate of drug-likeness (QED) is 0.0796. The molecule has 1 saturated carbocycles. The number of aryl methyl sites for hydroxylation is 1. The Bertz CT molecular complexity index is 3990. The Balaban J connectivity index is 0.000000176. The fourth-order valence-electron chi connectivity index (χ4n) is 12.5. The third-order valence-electron chi connectivity index (χ3n) is 17.6. The van der Waals surface area contributed by atoms with Crippen LogP contribution in [-0.2, 0) is 42.2 Å². The van der Waals surface area contributed by atoms with Crippen molar-refractivity contribution < 1.29 is 30.0 Å². The Kier molecular flexibility index (Phi) is 20.1. The van der Waals surface area contributed by atoms with E-state index in [1.165, 1.54) is 111 Å². The number of nitrogens with zero attached hydrogens (tertiary/aromatic N) is 2. The first-order chi connectivity index (χ1) is 39.3. The van der Waals surface area contributed by atoms with Gasteiger partial charge in [-0.25, -0.2) is 0 Å². The number of allylic oxidation sites excluding steroid dienone is 2. The number of pyridine rings is 2. The van der Waals surface area contributed by atoms with Crippen LogP contribution in [0.3, 0.4) is 0 Å². The van der Waals surface area contributed by atoms with Gasteiger partial charge in [-0.3, -0.25) is 14.8 Å². The minimum atomic E-state index is 0. The first-order valence-electron chi connectivity index (χ1n) is 30.8. The molecule has 4 heterocycles. The van der Waals surface area contributed by atoms with Gasteiger partial charge in [-0.2, -0.15) is 0 Å². The Morgan fingerprint density at radius 1 is 0.619 bits per heavy atom. The molecule has 1 aliphatic rings. The molecule has 0 amide bonds. The number of hydrogen-bond donors (Lipinski definition) is 1. The van der Waals surface area contributed by atoms with Crippen molar-refractivity contribution in [1.29, 1.82) is 0 Å². The number of thiophene rings is 2. The zero-order chi connectivity index (χ0) is 59.8. The van der Waals surface area contributed by atoms with Crippen LogP contribution in [0.15, 0.2) is 127 Å². The molecular weight excluding hydrogens is 1240 g/mol. The summed E-state index contributed by atoms with van der Waals surface area (Å²) in [6.07, 6.45) is 15.2. The molecule has 0 spiro atoms. The first kappa shape index (κ1) is 64.4. The standard InChI is InChI=1S/C33H34NS.C31H32NS.C13H24O2.Ir/c1-32(2,3)28-19-24(18-23-8-6-7-9-25(23)28)30-31-27(14-17-34-30)26-11-10-22(20-29(26)35-31)21-12-15-33(4,5)16-13-21;1-19-21(18-30(2,3)4)12-13-24-25-14-15-32-27(29(25)33-28(19)24)22-16-20-10-8-9-11-23(20)26(17-22)31(5,6)7;1-5-10(6-2)12(14)9-13(15)11(7-3)8-4;/h6-11,14,17,19-21H,12-13,15-16H2,1-5H3;8-15,17H,18H2,1-7H3;9-11,14H,5-8H2,1-4H3;/q2*-1;;/b;;12-9-;. The molecule has 1 aliphatic carbocycles. The second-order valence-electron chi connectivity index (χ2n) is 27.7. The van der Waals surface area contributed by atoms with Crippen molar-refractivity contribution in [2.45, 2.75) is 185 Å². The maximum absolute atomic E-state index is 11.7. The van der Waals surface area contributed by atoms with Gasteiger partial charge in [0.1, 0.15) is 0 Å². The van der Waals surface area contributed by atoms with Crippen molar-refractivity contribution in [2.24, 2.45) is 22.7 Å². The molecule has 443 valence electrons. The molecule has 0 atom stereocenters.